The zero-order valence-corrected chi connectivity index (χ0v) is 13.0. The Morgan fingerprint density at radius 2 is 2.04 bits per heavy atom. The number of ether oxygens (including phenoxy) is 2. The van der Waals surface area contributed by atoms with Crippen LogP contribution in [-0.2, 0) is 0 Å². The molecule has 9 heteroatoms. The molecule has 0 aliphatic carbocycles. The van der Waals surface area contributed by atoms with Gasteiger partial charge < -0.3 is 13.9 Å². The second kappa shape index (κ2) is 6.20. The normalized spacial score (nSPS) is 11.7. The van der Waals surface area contributed by atoms with Gasteiger partial charge >= 0.3 is 6.18 Å². The van der Waals surface area contributed by atoms with Gasteiger partial charge in [0.1, 0.15) is 11.3 Å². The number of alkyl halides is 3. The highest BCUT2D eigenvalue weighted by atomic mass is 35.5. The van der Waals surface area contributed by atoms with E-state index in [0.29, 0.717) is 22.7 Å². The van der Waals surface area contributed by atoms with Crippen LogP contribution in [0.2, 0.25) is 5.02 Å². The summed E-state index contributed by atoms with van der Waals surface area (Å²) in [5.41, 5.74) is 1.12. The Labute approximate surface area is 139 Å². The number of fused-ring (bicyclic) bond motifs is 1. The van der Waals surface area contributed by atoms with Crippen LogP contribution in [0.3, 0.4) is 0 Å². The third-order valence-corrected chi connectivity index (χ3v) is 3.06. The van der Waals surface area contributed by atoms with Crippen LogP contribution in [0.4, 0.5) is 13.2 Å². The Kier molecular flexibility index (Phi) is 4.23. The lowest BCUT2D eigenvalue weighted by Crippen LogP contribution is -2.19. The van der Waals surface area contributed by atoms with Crippen molar-refractivity contribution in [1.82, 2.24) is 9.97 Å². The van der Waals surface area contributed by atoms with Gasteiger partial charge in [-0.15, -0.1) is 0 Å². The topological polar surface area (TPSA) is 57.4 Å². The van der Waals surface area contributed by atoms with Gasteiger partial charge in [-0.05, 0) is 12.1 Å². The first-order chi connectivity index (χ1) is 11.3. The molecular weight excluding hydrogens is 349 g/mol. The molecule has 0 aliphatic rings. The molecule has 2 aromatic heterocycles. The largest absolute Gasteiger partial charge is 0.478 e. The van der Waals surface area contributed by atoms with E-state index >= 15 is 0 Å². The van der Waals surface area contributed by atoms with Crippen molar-refractivity contribution in [2.45, 2.75) is 13.1 Å². The van der Waals surface area contributed by atoms with Crippen molar-refractivity contribution in [1.29, 1.82) is 0 Å². The van der Waals surface area contributed by atoms with Gasteiger partial charge in [-0.1, -0.05) is 11.6 Å². The standard InChI is InChI=1S/C15H10ClF3N2O3/c1-8-21-11-3-2-10(5-12(11)23-8)24-14-13(4-9(16)6-20-14)22-7-15(17,18)19/h2-6H,7H2,1H3. The van der Waals surface area contributed by atoms with Crippen LogP contribution < -0.4 is 9.47 Å². The summed E-state index contributed by atoms with van der Waals surface area (Å²) in [6.07, 6.45) is -3.25. The molecule has 2 heterocycles. The maximum absolute atomic E-state index is 12.3. The summed E-state index contributed by atoms with van der Waals surface area (Å²) in [5, 5.41) is 0.126. The van der Waals surface area contributed by atoms with E-state index in [-0.39, 0.29) is 16.7 Å². The van der Waals surface area contributed by atoms with Crippen LogP contribution in [0.25, 0.3) is 11.1 Å². The van der Waals surface area contributed by atoms with E-state index in [2.05, 4.69) is 9.97 Å². The second-order valence-corrected chi connectivity index (χ2v) is 5.26. The van der Waals surface area contributed by atoms with Crippen LogP contribution in [-0.4, -0.2) is 22.8 Å². The molecule has 0 aliphatic heterocycles. The van der Waals surface area contributed by atoms with Gasteiger partial charge in [0.15, 0.2) is 23.8 Å². The van der Waals surface area contributed by atoms with Crippen LogP contribution in [0.15, 0.2) is 34.9 Å². The van der Waals surface area contributed by atoms with Gasteiger partial charge in [-0.2, -0.15) is 13.2 Å². The van der Waals surface area contributed by atoms with Gasteiger partial charge in [0.25, 0.3) is 5.88 Å². The first kappa shape index (κ1) is 16.4. The van der Waals surface area contributed by atoms with Crippen molar-refractivity contribution in [3.05, 3.63) is 41.4 Å². The number of oxazole rings is 1. The fourth-order valence-corrected chi connectivity index (χ4v) is 2.09. The summed E-state index contributed by atoms with van der Waals surface area (Å²) in [6.45, 7) is 0.218. The summed E-state index contributed by atoms with van der Waals surface area (Å²) in [7, 11) is 0. The van der Waals surface area contributed by atoms with Crippen molar-refractivity contribution in [2.24, 2.45) is 0 Å². The van der Waals surface area contributed by atoms with E-state index in [9.17, 15) is 13.2 Å². The minimum atomic E-state index is -4.49. The van der Waals surface area contributed by atoms with E-state index in [0.717, 1.165) is 0 Å². The maximum Gasteiger partial charge on any atom is 0.422 e. The smallest absolute Gasteiger partial charge is 0.422 e. The first-order valence-corrected chi connectivity index (χ1v) is 7.08. The van der Waals surface area contributed by atoms with Crippen LogP contribution in [0.1, 0.15) is 5.89 Å². The molecule has 0 bridgehead atoms. The molecule has 1 aromatic carbocycles. The quantitative estimate of drug-likeness (QED) is 0.662. The Hall–Kier alpha value is -2.48. The summed E-state index contributed by atoms with van der Waals surface area (Å²) in [6, 6.07) is 6.01. The number of halogens is 4. The number of benzene rings is 1. The Bertz CT molecular complexity index is 880. The van der Waals surface area contributed by atoms with Crippen LogP contribution in [0.5, 0.6) is 17.4 Å². The second-order valence-electron chi connectivity index (χ2n) is 4.83. The van der Waals surface area contributed by atoms with Gasteiger partial charge in [0.2, 0.25) is 0 Å². The van der Waals surface area contributed by atoms with Gasteiger partial charge in [0.05, 0.1) is 5.02 Å². The number of nitrogens with zero attached hydrogens (tertiary/aromatic N) is 2. The lowest BCUT2D eigenvalue weighted by atomic mass is 10.3. The van der Waals surface area contributed by atoms with Crippen molar-refractivity contribution >= 4 is 22.7 Å². The first-order valence-electron chi connectivity index (χ1n) is 6.70. The summed E-state index contributed by atoms with van der Waals surface area (Å²) in [5.74, 6) is 0.444. The zero-order valence-electron chi connectivity index (χ0n) is 12.2. The minimum absolute atomic E-state index is 0.126. The van der Waals surface area contributed by atoms with Gasteiger partial charge in [-0.3, -0.25) is 0 Å². The van der Waals surface area contributed by atoms with E-state index in [1.54, 1.807) is 25.1 Å². The molecule has 0 unspecified atom stereocenters. The monoisotopic (exact) mass is 358 g/mol. The molecular formula is C15H10ClF3N2O3. The van der Waals surface area contributed by atoms with Gasteiger partial charge in [-0.25, -0.2) is 9.97 Å². The molecule has 0 radical (unpaired) electrons. The number of rotatable bonds is 4. The molecule has 0 saturated heterocycles. The fourth-order valence-electron chi connectivity index (χ4n) is 1.94. The Morgan fingerprint density at radius 1 is 1.25 bits per heavy atom. The average Bonchev–Trinajstić information content (AvgIpc) is 2.86. The van der Waals surface area contributed by atoms with Crippen LogP contribution in [0, 0.1) is 6.92 Å². The Balaban J connectivity index is 1.87. The number of hydrogen-bond donors (Lipinski definition) is 0. The SMILES string of the molecule is Cc1nc2ccc(Oc3ncc(Cl)cc3OCC(F)(F)F)cc2o1. The van der Waals surface area contributed by atoms with Crippen molar-refractivity contribution in [3.63, 3.8) is 0 Å². The van der Waals surface area contributed by atoms with Gasteiger partial charge in [0, 0.05) is 25.3 Å². The number of aryl methyl sites for hydroxylation is 1. The molecule has 0 spiro atoms. The number of pyridine rings is 1. The van der Waals surface area contributed by atoms with Crippen molar-refractivity contribution in [2.75, 3.05) is 6.61 Å². The molecule has 126 valence electrons. The summed E-state index contributed by atoms with van der Waals surface area (Å²) >= 11 is 5.75. The molecule has 3 aromatic rings. The Morgan fingerprint density at radius 3 is 2.79 bits per heavy atom. The third-order valence-electron chi connectivity index (χ3n) is 2.86. The molecule has 5 nitrogen and oxygen atoms in total. The number of hydrogen-bond acceptors (Lipinski definition) is 5. The van der Waals surface area contributed by atoms with Crippen LogP contribution >= 0.6 is 11.6 Å². The highest BCUT2D eigenvalue weighted by Crippen LogP contribution is 2.33. The number of aromatic nitrogens is 2. The minimum Gasteiger partial charge on any atom is -0.478 e. The highest BCUT2D eigenvalue weighted by Gasteiger charge is 2.29. The lowest BCUT2D eigenvalue weighted by Gasteiger charge is -2.13. The highest BCUT2D eigenvalue weighted by molar-refractivity contribution is 6.30. The maximum atomic E-state index is 12.3. The van der Waals surface area contributed by atoms with E-state index in [1.165, 1.54) is 12.3 Å². The van der Waals surface area contributed by atoms with Crippen molar-refractivity contribution in [3.8, 4) is 17.4 Å². The van der Waals surface area contributed by atoms with E-state index in [4.69, 9.17) is 25.5 Å². The molecule has 0 atom stereocenters. The summed E-state index contributed by atoms with van der Waals surface area (Å²) < 4.78 is 52.6. The molecule has 24 heavy (non-hydrogen) atoms. The molecule has 0 saturated carbocycles. The lowest BCUT2D eigenvalue weighted by molar-refractivity contribution is -0.153. The molecule has 0 amide bonds. The van der Waals surface area contributed by atoms with E-state index in [1.807, 2.05) is 0 Å². The predicted octanol–water partition coefficient (Wildman–Crippen LogP) is 4.92. The zero-order chi connectivity index (χ0) is 17.3. The molecule has 0 fully saturated rings. The predicted molar refractivity (Wildman–Crippen MR) is 79.6 cm³/mol. The summed E-state index contributed by atoms with van der Waals surface area (Å²) in [4.78, 5) is 8.01. The molecule has 3 rings (SSSR count). The molecule has 0 N–H and O–H groups in total. The average molecular weight is 359 g/mol. The van der Waals surface area contributed by atoms with Crippen molar-refractivity contribution < 1.29 is 27.1 Å². The van der Waals surface area contributed by atoms with E-state index < -0.39 is 12.8 Å². The fraction of sp³-hybridized carbons (Fsp3) is 0.200. The third kappa shape index (κ3) is 3.88.